The molecule has 0 aromatic heterocycles. The molecule has 0 saturated carbocycles. The third-order valence-corrected chi connectivity index (χ3v) is 4.28. The number of hydrogen-bond donors (Lipinski definition) is 0. The van der Waals surface area contributed by atoms with Crippen LogP contribution in [-0.2, 0) is 4.74 Å². The number of rotatable bonds is 7. The number of unbranched alkanes of at least 4 members (excludes halogenated alkanes) is 2. The van der Waals surface area contributed by atoms with E-state index in [-0.39, 0.29) is 12.0 Å². The van der Waals surface area contributed by atoms with Crippen LogP contribution >= 0.6 is 15.9 Å². The summed E-state index contributed by atoms with van der Waals surface area (Å²) in [6, 6.07) is 0. The van der Waals surface area contributed by atoms with Gasteiger partial charge in [-0.2, -0.15) is 13.2 Å². The first kappa shape index (κ1) is 17.2. The Morgan fingerprint density at radius 1 is 1.06 bits per heavy atom. The average molecular weight is 319 g/mol. The second-order valence-corrected chi connectivity index (χ2v) is 6.46. The van der Waals surface area contributed by atoms with Crippen molar-refractivity contribution >= 4 is 15.9 Å². The first-order valence-electron chi connectivity index (χ1n) is 5.91. The minimum Gasteiger partial charge on any atom is -0.372 e. The smallest absolute Gasteiger partial charge is 0.372 e. The van der Waals surface area contributed by atoms with Crippen LogP contribution < -0.4 is 0 Å². The Labute approximate surface area is 110 Å². The van der Waals surface area contributed by atoms with E-state index in [9.17, 15) is 13.2 Å². The van der Waals surface area contributed by atoms with Crippen molar-refractivity contribution in [3.05, 3.63) is 0 Å². The molecular formula is C12H22BrF3O. The second-order valence-electron chi connectivity index (χ2n) is 5.35. The van der Waals surface area contributed by atoms with E-state index < -0.39 is 12.8 Å². The van der Waals surface area contributed by atoms with E-state index in [0.29, 0.717) is 11.2 Å². The summed E-state index contributed by atoms with van der Waals surface area (Å²) in [6.07, 6.45) is -0.533. The van der Waals surface area contributed by atoms with E-state index in [4.69, 9.17) is 0 Å². The fraction of sp³-hybridized carbons (Fsp3) is 1.00. The number of alkyl halides is 4. The van der Waals surface area contributed by atoms with Gasteiger partial charge in [-0.3, -0.25) is 0 Å². The van der Waals surface area contributed by atoms with E-state index in [1.807, 2.05) is 0 Å². The van der Waals surface area contributed by atoms with Crippen LogP contribution in [0.25, 0.3) is 0 Å². The molecule has 0 rings (SSSR count). The Kier molecular flexibility index (Phi) is 7.72. The summed E-state index contributed by atoms with van der Waals surface area (Å²) in [5, 5.41) is 0. The number of hydrogen-bond acceptors (Lipinski definition) is 1. The van der Waals surface area contributed by atoms with Crippen LogP contribution in [0.1, 0.15) is 46.5 Å². The summed E-state index contributed by atoms with van der Waals surface area (Å²) >= 11 is 3.63. The summed E-state index contributed by atoms with van der Waals surface area (Å²) in [5.74, 6) is 0. The highest BCUT2D eigenvalue weighted by Gasteiger charge is 2.27. The largest absolute Gasteiger partial charge is 0.411 e. The van der Waals surface area contributed by atoms with E-state index in [0.717, 1.165) is 19.3 Å². The van der Waals surface area contributed by atoms with Crippen molar-refractivity contribution in [3.63, 3.8) is 0 Å². The molecule has 0 fully saturated rings. The van der Waals surface area contributed by atoms with Crippen LogP contribution in [0.5, 0.6) is 0 Å². The zero-order valence-electron chi connectivity index (χ0n) is 10.7. The van der Waals surface area contributed by atoms with Gasteiger partial charge in [-0.1, -0.05) is 49.5 Å². The summed E-state index contributed by atoms with van der Waals surface area (Å²) < 4.78 is 39.7. The van der Waals surface area contributed by atoms with E-state index in [1.54, 1.807) is 0 Å². The molecule has 1 unspecified atom stereocenters. The lowest BCUT2D eigenvalue weighted by atomic mass is 9.89. The molecule has 0 spiro atoms. The molecule has 1 nitrogen and oxygen atoms in total. The maximum absolute atomic E-state index is 11.7. The predicted molar refractivity (Wildman–Crippen MR) is 67.5 cm³/mol. The van der Waals surface area contributed by atoms with E-state index in [1.165, 1.54) is 0 Å². The van der Waals surface area contributed by atoms with Crippen molar-refractivity contribution in [2.45, 2.75) is 57.5 Å². The van der Waals surface area contributed by atoms with Crippen molar-refractivity contribution in [1.29, 1.82) is 0 Å². The molecule has 0 bridgehead atoms. The fourth-order valence-electron chi connectivity index (χ4n) is 1.33. The van der Waals surface area contributed by atoms with E-state index >= 15 is 0 Å². The molecular weight excluding hydrogens is 297 g/mol. The second kappa shape index (κ2) is 7.62. The SMILES string of the molecule is CC(C)(C)C(Br)CCCCCOCC(F)(F)F. The van der Waals surface area contributed by atoms with E-state index in [2.05, 4.69) is 41.4 Å². The van der Waals surface area contributed by atoms with Crippen LogP contribution in [0.2, 0.25) is 0 Å². The minimum atomic E-state index is -4.20. The zero-order valence-corrected chi connectivity index (χ0v) is 12.3. The van der Waals surface area contributed by atoms with Crippen molar-refractivity contribution in [3.8, 4) is 0 Å². The summed E-state index contributed by atoms with van der Waals surface area (Å²) in [4.78, 5) is 0.450. The number of halogens is 4. The van der Waals surface area contributed by atoms with Gasteiger partial charge in [-0.15, -0.1) is 0 Å². The normalized spacial score (nSPS) is 15.0. The third-order valence-electron chi connectivity index (χ3n) is 2.45. The van der Waals surface area contributed by atoms with Crippen LogP contribution in [0.15, 0.2) is 0 Å². The third kappa shape index (κ3) is 11.1. The van der Waals surface area contributed by atoms with Crippen LogP contribution in [0.3, 0.4) is 0 Å². The Balaban J connectivity index is 3.36. The van der Waals surface area contributed by atoms with Gasteiger partial charge in [0.25, 0.3) is 0 Å². The molecule has 0 aromatic rings. The number of ether oxygens (including phenoxy) is 1. The van der Waals surface area contributed by atoms with Gasteiger partial charge >= 0.3 is 6.18 Å². The Bertz CT molecular complexity index is 199. The molecule has 0 N–H and O–H groups in total. The monoisotopic (exact) mass is 318 g/mol. The van der Waals surface area contributed by atoms with Crippen molar-refractivity contribution in [1.82, 2.24) is 0 Å². The first-order chi connectivity index (χ1) is 7.63. The lowest BCUT2D eigenvalue weighted by molar-refractivity contribution is -0.174. The molecule has 1 atom stereocenters. The highest BCUT2D eigenvalue weighted by atomic mass is 79.9. The zero-order chi connectivity index (χ0) is 13.5. The highest BCUT2D eigenvalue weighted by molar-refractivity contribution is 9.09. The van der Waals surface area contributed by atoms with Crippen LogP contribution in [0.4, 0.5) is 13.2 Å². The highest BCUT2D eigenvalue weighted by Crippen LogP contribution is 2.30. The van der Waals surface area contributed by atoms with Crippen molar-refractivity contribution in [2.75, 3.05) is 13.2 Å². The molecule has 0 radical (unpaired) electrons. The van der Waals surface area contributed by atoms with Gasteiger partial charge in [0.05, 0.1) is 0 Å². The molecule has 0 aliphatic heterocycles. The molecule has 104 valence electrons. The Morgan fingerprint density at radius 3 is 2.12 bits per heavy atom. The van der Waals surface area contributed by atoms with Crippen LogP contribution in [0, 0.1) is 5.41 Å². The molecule has 0 aliphatic rings. The molecule has 0 aliphatic carbocycles. The van der Waals surface area contributed by atoms with Gasteiger partial charge in [-0.05, 0) is 18.3 Å². The van der Waals surface area contributed by atoms with Gasteiger partial charge in [0.1, 0.15) is 6.61 Å². The van der Waals surface area contributed by atoms with Gasteiger partial charge in [0.15, 0.2) is 0 Å². The van der Waals surface area contributed by atoms with Crippen molar-refractivity contribution < 1.29 is 17.9 Å². The maximum Gasteiger partial charge on any atom is 0.411 e. The topological polar surface area (TPSA) is 9.23 Å². The Hall–Kier alpha value is 0.230. The van der Waals surface area contributed by atoms with Crippen LogP contribution in [-0.4, -0.2) is 24.2 Å². The quantitative estimate of drug-likeness (QED) is 0.477. The molecule has 0 aromatic carbocycles. The standard InChI is InChI=1S/C12H22BrF3O/c1-11(2,3)10(13)7-5-4-6-8-17-9-12(14,15)16/h10H,4-9H2,1-3H3. The lowest BCUT2D eigenvalue weighted by Gasteiger charge is -2.25. The maximum atomic E-state index is 11.7. The van der Waals surface area contributed by atoms with Gasteiger partial charge in [0, 0.05) is 11.4 Å². The van der Waals surface area contributed by atoms with Gasteiger partial charge < -0.3 is 4.74 Å². The molecule has 17 heavy (non-hydrogen) atoms. The predicted octanol–water partition coefficient (Wildman–Crippen LogP) is 4.94. The Morgan fingerprint density at radius 2 is 1.65 bits per heavy atom. The van der Waals surface area contributed by atoms with Crippen molar-refractivity contribution in [2.24, 2.45) is 5.41 Å². The minimum absolute atomic E-state index is 0.196. The summed E-state index contributed by atoms with van der Waals surface area (Å²) in [5.41, 5.74) is 0.229. The van der Waals surface area contributed by atoms with Gasteiger partial charge in [-0.25, -0.2) is 0 Å². The van der Waals surface area contributed by atoms with Gasteiger partial charge in [0.2, 0.25) is 0 Å². The molecule has 5 heteroatoms. The summed E-state index contributed by atoms with van der Waals surface area (Å²) in [7, 11) is 0. The molecule has 0 saturated heterocycles. The molecule has 0 heterocycles. The fourth-order valence-corrected chi connectivity index (χ4v) is 1.65. The lowest BCUT2D eigenvalue weighted by Crippen LogP contribution is -2.20. The molecule has 0 amide bonds. The first-order valence-corrected chi connectivity index (χ1v) is 6.83. The summed E-state index contributed by atoms with van der Waals surface area (Å²) in [6.45, 7) is 5.56. The average Bonchev–Trinajstić information content (AvgIpc) is 2.12.